The molecule has 86 valence electrons. The van der Waals surface area contributed by atoms with E-state index in [4.69, 9.17) is 0 Å². The summed E-state index contributed by atoms with van der Waals surface area (Å²) in [7, 11) is 0. The molecule has 2 rings (SSSR count). The van der Waals surface area contributed by atoms with Gasteiger partial charge in [-0.15, -0.1) is 11.8 Å². The van der Waals surface area contributed by atoms with Crippen LogP contribution >= 0.6 is 11.8 Å². The van der Waals surface area contributed by atoms with Gasteiger partial charge in [0, 0.05) is 18.2 Å². The van der Waals surface area contributed by atoms with Crippen LogP contribution in [0.2, 0.25) is 0 Å². The molecule has 2 atom stereocenters. The summed E-state index contributed by atoms with van der Waals surface area (Å²) in [6.45, 7) is 2.16. The summed E-state index contributed by atoms with van der Waals surface area (Å²) < 4.78 is 0. The largest absolute Gasteiger partial charge is 0.299 e. The molecular weight excluding hydrogens is 224 g/mol. The Hall–Kier alpha value is -1.07. The molecule has 1 aromatic rings. The third kappa shape index (κ3) is 2.54. The van der Waals surface area contributed by atoms with Gasteiger partial charge in [0.05, 0.1) is 10.3 Å². The fourth-order valence-electron chi connectivity index (χ4n) is 1.72. The van der Waals surface area contributed by atoms with Crippen molar-refractivity contribution < 1.29 is 4.92 Å². The van der Waals surface area contributed by atoms with Gasteiger partial charge in [0.2, 0.25) is 0 Å². The minimum Gasteiger partial charge on any atom is -0.299 e. The first-order valence-corrected chi connectivity index (χ1v) is 6.33. The summed E-state index contributed by atoms with van der Waals surface area (Å²) in [5, 5.41) is 14.3. The number of hydrogen-bond acceptors (Lipinski definition) is 4. The zero-order chi connectivity index (χ0) is 11.5. The Labute approximate surface area is 98.6 Å². The molecule has 0 saturated carbocycles. The van der Waals surface area contributed by atoms with E-state index in [1.807, 2.05) is 23.9 Å². The third-order valence-corrected chi connectivity index (χ3v) is 3.89. The van der Waals surface area contributed by atoms with Crippen molar-refractivity contribution in [3.63, 3.8) is 0 Å². The summed E-state index contributed by atoms with van der Waals surface area (Å²) in [6, 6.07) is 7.32. The van der Waals surface area contributed by atoms with Gasteiger partial charge in [-0.05, 0) is 36.8 Å². The first-order valence-electron chi connectivity index (χ1n) is 5.29. The smallest absolute Gasteiger partial charge is 0.269 e. The van der Waals surface area contributed by atoms with Gasteiger partial charge in [-0.2, -0.15) is 0 Å². The highest BCUT2D eigenvalue weighted by atomic mass is 32.2. The van der Waals surface area contributed by atoms with Gasteiger partial charge in [0.25, 0.3) is 5.69 Å². The molecule has 0 aromatic heterocycles. The van der Waals surface area contributed by atoms with Gasteiger partial charge in [-0.3, -0.25) is 15.4 Å². The van der Waals surface area contributed by atoms with Gasteiger partial charge in [-0.25, -0.2) is 0 Å². The van der Waals surface area contributed by atoms with Gasteiger partial charge >= 0.3 is 0 Å². The fourth-order valence-corrected chi connectivity index (χ4v) is 3.12. The van der Waals surface area contributed by atoms with Crippen LogP contribution in [-0.4, -0.2) is 16.7 Å². The second-order valence-corrected chi connectivity index (χ2v) is 5.17. The maximum atomic E-state index is 10.5. The second-order valence-electron chi connectivity index (χ2n) is 3.96. The molecule has 0 spiro atoms. The molecule has 0 bridgehead atoms. The Morgan fingerprint density at radius 1 is 1.44 bits per heavy atom. The number of nitro groups is 1. The minimum atomic E-state index is -0.367. The van der Waals surface area contributed by atoms with Crippen LogP contribution in [-0.2, 0) is 0 Å². The van der Waals surface area contributed by atoms with Crippen molar-refractivity contribution in [2.24, 2.45) is 0 Å². The monoisotopic (exact) mass is 238 g/mol. The molecule has 0 aliphatic carbocycles. The second kappa shape index (κ2) is 4.84. The maximum absolute atomic E-state index is 10.5. The molecule has 1 aliphatic heterocycles. The molecule has 1 aliphatic rings. The molecule has 1 heterocycles. The van der Waals surface area contributed by atoms with E-state index >= 15 is 0 Å². The van der Waals surface area contributed by atoms with Crippen molar-refractivity contribution in [1.29, 1.82) is 0 Å². The molecule has 4 nitrogen and oxygen atoms in total. The van der Waals surface area contributed by atoms with E-state index in [0.717, 1.165) is 11.3 Å². The lowest BCUT2D eigenvalue weighted by atomic mass is 10.1. The van der Waals surface area contributed by atoms with E-state index in [9.17, 15) is 10.1 Å². The number of benzene rings is 1. The van der Waals surface area contributed by atoms with E-state index in [2.05, 4.69) is 12.2 Å². The molecule has 1 aromatic carbocycles. The third-order valence-electron chi connectivity index (χ3n) is 2.68. The molecular formula is C11H14N2O2S. The van der Waals surface area contributed by atoms with Gasteiger partial charge < -0.3 is 0 Å². The summed E-state index contributed by atoms with van der Waals surface area (Å²) in [5.41, 5.74) is 1.26. The summed E-state index contributed by atoms with van der Waals surface area (Å²) in [4.78, 5) is 10.2. The number of nitrogens with zero attached hydrogens (tertiary/aromatic N) is 1. The highest BCUT2D eigenvalue weighted by Crippen LogP contribution is 2.32. The van der Waals surface area contributed by atoms with Crippen LogP contribution in [0.1, 0.15) is 24.3 Å². The zero-order valence-electron chi connectivity index (χ0n) is 9.05. The van der Waals surface area contributed by atoms with Crippen molar-refractivity contribution in [2.75, 3.05) is 5.75 Å². The Morgan fingerprint density at radius 3 is 2.69 bits per heavy atom. The highest BCUT2D eigenvalue weighted by molar-refractivity contribution is 7.99. The molecule has 16 heavy (non-hydrogen) atoms. The number of nitrogens with one attached hydrogen (secondary N) is 1. The van der Waals surface area contributed by atoms with Crippen molar-refractivity contribution in [1.82, 2.24) is 5.32 Å². The number of nitro benzene ring substituents is 1. The average molecular weight is 238 g/mol. The van der Waals surface area contributed by atoms with Gasteiger partial charge in [0.15, 0.2) is 0 Å². The van der Waals surface area contributed by atoms with Crippen LogP contribution in [0, 0.1) is 10.1 Å². The van der Waals surface area contributed by atoms with Crippen LogP contribution < -0.4 is 5.32 Å². The maximum Gasteiger partial charge on any atom is 0.269 e. The van der Waals surface area contributed by atoms with Crippen molar-refractivity contribution >= 4 is 17.4 Å². The molecule has 0 radical (unpaired) electrons. The summed E-state index contributed by atoms with van der Waals surface area (Å²) in [6.07, 6.45) is 1.17. The molecule has 0 amide bonds. The van der Waals surface area contributed by atoms with Crippen molar-refractivity contribution in [3.8, 4) is 0 Å². The first kappa shape index (κ1) is 11.4. The normalized spacial score (nSPS) is 25.3. The van der Waals surface area contributed by atoms with Crippen LogP contribution in [0.4, 0.5) is 5.69 Å². The molecule has 2 unspecified atom stereocenters. The molecule has 1 fully saturated rings. The average Bonchev–Trinajstić information content (AvgIpc) is 2.29. The number of thioether (sulfide) groups is 1. The Kier molecular flexibility index (Phi) is 3.46. The van der Waals surface area contributed by atoms with E-state index in [-0.39, 0.29) is 16.0 Å². The Bertz CT molecular complexity index is 380. The van der Waals surface area contributed by atoms with Gasteiger partial charge in [-0.1, -0.05) is 0 Å². The topological polar surface area (TPSA) is 55.2 Å². The van der Waals surface area contributed by atoms with E-state index in [1.54, 1.807) is 12.1 Å². The Balaban J connectivity index is 2.11. The standard InChI is InChI=1S/C11H14N2O2S/c1-8-6-7-16-11(12-8)9-2-4-10(5-3-9)13(14)15/h2-5,8,11-12H,6-7H2,1H3. The van der Waals surface area contributed by atoms with Crippen molar-refractivity contribution in [2.45, 2.75) is 24.8 Å². The van der Waals surface area contributed by atoms with Gasteiger partial charge in [0.1, 0.15) is 0 Å². The lowest BCUT2D eigenvalue weighted by Crippen LogP contribution is -2.33. The van der Waals surface area contributed by atoms with E-state index in [1.165, 1.54) is 6.42 Å². The predicted octanol–water partition coefficient (Wildman–Crippen LogP) is 2.71. The van der Waals surface area contributed by atoms with Crippen LogP contribution in [0.3, 0.4) is 0 Å². The van der Waals surface area contributed by atoms with Crippen LogP contribution in [0.15, 0.2) is 24.3 Å². The zero-order valence-corrected chi connectivity index (χ0v) is 9.87. The Morgan fingerprint density at radius 2 is 2.12 bits per heavy atom. The van der Waals surface area contributed by atoms with Crippen LogP contribution in [0.5, 0.6) is 0 Å². The van der Waals surface area contributed by atoms with Crippen molar-refractivity contribution in [3.05, 3.63) is 39.9 Å². The van der Waals surface area contributed by atoms with Crippen LogP contribution in [0.25, 0.3) is 0 Å². The summed E-state index contributed by atoms with van der Waals surface area (Å²) >= 11 is 1.85. The molecule has 1 saturated heterocycles. The number of hydrogen-bond donors (Lipinski definition) is 1. The van der Waals surface area contributed by atoms with E-state index < -0.39 is 0 Å². The SMILES string of the molecule is CC1CCSC(c2ccc([N+](=O)[O-])cc2)N1. The molecule has 5 heteroatoms. The predicted molar refractivity (Wildman–Crippen MR) is 65.5 cm³/mol. The highest BCUT2D eigenvalue weighted by Gasteiger charge is 2.20. The minimum absolute atomic E-state index is 0.151. The fraction of sp³-hybridized carbons (Fsp3) is 0.455. The number of rotatable bonds is 2. The lowest BCUT2D eigenvalue weighted by Gasteiger charge is -2.28. The lowest BCUT2D eigenvalue weighted by molar-refractivity contribution is -0.384. The summed E-state index contributed by atoms with van der Waals surface area (Å²) in [5.74, 6) is 1.13. The molecule has 1 N–H and O–H groups in total. The first-order chi connectivity index (χ1) is 7.66. The number of non-ortho nitro benzene ring substituents is 1. The van der Waals surface area contributed by atoms with E-state index in [0.29, 0.717) is 6.04 Å². The quantitative estimate of drug-likeness (QED) is 0.635.